The number of carbonyl (C=O) groups is 1. The standard InChI is InChI=1S/C12H8Cl2N2O/c1-2-11(17)12-15-5-6-16(12)10-4-3-8(13)7-9(10)14/h2-7H,1H2. The molecule has 2 rings (SSSR count). The van der Waals surface area contributed by atoms with Gasteiger partial charge in [0.25, 0.3) is 0 Å². The molecular weight excluding hydrogens is 259 g/mol. The van der Waals surface area contributed by atoms with Crippen LogP contribution in [-0.4, -0.2) is 15.3 Å². The molecule has 0 radical (unpaired) electrons. The number of aromatic nitrogens is 2. The van der Waals surface area contributed by atoms with Gasteiger partial charge in [-0.1, -0.05) is 29.8 Å². The highest BCUT2D eigenvalue weighted by molar-refractivity contribution is 6.35. The summed E-state index contributed by atoms with van der Waals surface area (Å²) < 4.78 is 1.60. The van der Waals surface area contributed by atoms with Crippen molar-refractivity contribution in [2.45, 2.75) is 0 Å². The van der Waals surface area contributed by atoms with E-state index in [0.29, 0.717) is 15.7 Å². The van der Waals surface area contributed by atoms with Crippen LogP contribution in [0.15, 0.2) is 43.2 Å². The van der Waals surface area contributed by atoms with Crippen LogP contribution in [-0.2, 0) is 0 Å². The van der Waals surface area contributed by atoms with Gasteiger partial charge in [-0.2, -0.15) is 0 Å². The second-order valence-corrected chi connectivity index (χ2v) is 4.13. The molecule has 0 aliphatic rings. The van der Waals surface area contributed by atoms with Crippen molar-refractivity contribution in [2.75, 3.05) is 0 Å². The van der Waals surface area contributed by atoms with Crippen molar-refractivity contribution >= 4 is 29.0 Å². The fraction of sp³-hybridized carbons (Fsp3) is 0. The third-order valence-corrected chi connectivity index (χ3v) is 2.75. The normalized spacial score (nSPS) is 10.2. The minimum Gasteiger partial charge on any atom is -0.296 e. The Morgan fingerprint density at radius 1 is 1.41 bits per heavy atom. The van der Waals surface area contributed by atoms with Gasteiger partial charge in [0.15, 0.2) is 5.82 Å². The number of nitrogens with zero attached hydrogens (tertiary/aromatic N) is 2. The predicted molar refractivity (Wildman–Crippen MR) is 68.1 cm³/mol. The van der Waals surface area contributed by atoms with E-state index in [1.807, 2.05) is 0 Å². The van der Waals surface area contributed by atoms with Gasteiger partial charge < -0.3 is 0 Å². The monoisotopic (exact) mass is 266 g/mol. The molecule has 3 nitrogen and oxygen atoms in total. The lowest BCUT2D eigenvalue weighted by molar-refractivity contribution is 0.103. The minimum absolute atomic E-state index is 0.263. The van der Waals surface area contributed by atoms with Gasteiger partial charge in [0.1, 0.15) is 0 Å². The summed E-state index contributed by atoms with van der Waals surface area (Å²) in [7, 11) is 0. The number of hydrogen-bond acceptors (Lipinski definition) is 2. The second-order valence-electron chi connectivity index (χ2n) is 3.28. The number of halogens is 2. The summed E-state index contributed by atoms with van der Waals surface area (Å²) in [6.45, 7) is 3.43. The molecule has 0 unspecified atom stereocenters. The maximum absolute atomic E-state index is 11.6. The molecule has 1 aromatic carbocycles. The first-order valence-electron chi connectivity index (χ1n) is 4.79. The molecule has 17 heavy (non-hydrogen) atoms. The highest BCUT2D eigenvalue weighted by Crippen LogP contribution is 2.25. The van der Waals surface area contributed by atoms with Crippen LogP contribution in [0.4, 0.5) is 0 Å². The summed E-state index contributed by atoms with van der Waals surface area (Å²) in [6, 6.07) is 5.04. The lowest BCUT2D eigenvalue weighted by atomic mass is 10.3. The molecule has 86 valence electrons. The quantitative estimate of drug-likeness (QED) is 0.629. The number of ketones is 1. The smallest absolute Gasteiger partial charge is 0.221 e. The maximum Gasteiger partial charge on any atom is 0.221 e. The van der Waals surface area contributed by atoms with Crippen LogP contribution < -0.4 is 0 Å². The summed E-state index contributed by atoms with van der Waals surface area (Å²) in [5.41, 5.74) is 0.652. The fourth-order valence-electron chi connectivity index (χ4n) is 1.45. The molecule has 0 spiro atoms. The average molecular weight is 267 g/mol. The van der Waals surface area contributed by atoms with Crippen LogP contribution in [0.5, 0.6) is 0 Å². The van der Waals surface area contributed by atoms with Crippen LogP contribution in [0.2, 0.25) is 10.0 Å². The Bertz CT molecular complexity index is 590. The van der Waals surface area contributed by atoms with E-state index in [1.54, 1.807) is 29.0 Å². The third kappa shape index (κ3) is 2.25. The molecule has 0 bridgehead atoms. The van der Waals surface area contributed by atoms with E-state index in [0.717, 1.165) is 0 Å². The fourth-order valence-corrected chi connectivity index (χ4v) is 1.95. The Morgan fingerprint density at radius 2 is 2.18 bits per heavy atom. The van der Waals surface area contributed by atoms with Crippen molar-refractivity contribution in [3.05, 3.63) is 59.1 Å². The maximum atomic E-state index is 11.6. The molecule has 0 aliphatic heterocycles. The molecule has 0 saturated carbocycles. The van der Waals surface area contributed by atoms with Crippen LogP contribution >= 0.6 is 23.2 Å². The van der Waals surface area contributed by atoms with Gasteiger partial charge in [-0.25, -0.2) is 4.98 Å². The van der Waals surface area contributed by atoms with E-state index in [-0.39, 0.29) is 11.6 Å². The average Bonchev–Trinajstić information content (AvgIpc) is 2.77. The Morgan fingerprint density at radius 3 is 2.82 bits per heavy atom. The summed E-state index contributed by atoms with van der Waals surface area (Å²) in [6.07, 6.45) is 4.40. The third-order valence-electron chi connectivity index (χ3n) is 2.22. The summed E-state index contributed by atoms with van der Waals surface area (Å²) in [4.78, 5) is 15.6. The van der Waals surface area contributed by atoms with Crippen molar-refractivity contribution in [3.8, 4) is 5.69 Å². The Hall–Kier alpha value is -1.58. The second kappa shape index (κ2) is 4.73. The van der Waals surface area contributed by atoms with Crippen LogP contribution in [0.1, 0.15) is 10.6 Å². The zero-order valence-corrected chi connectivity index (χ0v) is 10.2. The molecule has 0 atom stereocenters. The van der Waals surface area contributed by atoms with E-state index in [2.05, 4.69) is 11.6 Å². The van der Waals surface area contributed by atoms with E-state index < -0.39 is 0 Å². The molecule has 0 aliphatic carbocycles. The molecule has 0 fully saturated rings. The highest BCUT2D eigenvalue weighted by Gasteiger charge is 2.12. The predicted octanol–water partition coefficient (Wildman–Crippen LogP) is 3.55. The Labute approximate surface area is 108 Å². The lowest BCUT2D eigenvalue weighted by Gasteiger charge is -2.08. The van der Waals surface area contributed by atoms with Gasteiger partial charge in [-0.15, -0.1) is 0 Å². The molecule has 5 heteroatoms. The first-order valence-corrected chi connectivity index (χ1v) is 5.54. The van der Waals surface area contributed by atoms with E-state index in [9.17, 15) is 4.79 Å². The number of allylic oxidation sites excluding steroid dienone is 1. The Balaban J connectivity index is 2.57. The van der Waals surface area contributed by atoms with Gasteiger partial charge in [0.05, 0.1) is 10.7 Å². The first-order chi connectivity index (χ1) is 8.13. The van der Waals surface area contributed by atoms with E-state index in [1.165, 1.54) is 12.3 Å². The van der Waals surface area contributed by atoms with Crippen LogP contribution in [0, 0.1) is 0 Å². The van der Waals surface area contributed by atoms with Crippen molar-refractivity contribution < 1.29 is 4.79 Å². The van der Waals surface area contributed by atoms with Gasteiger partial charge in [0, 0.05) is 17.4 Å². The lowest BCUT2D eigenvalue weighted by Crippen LogP contribution is -2.06. The molecule has 0 amide bonds. The molecule has 0 saturated heterocycles. The van der Waals surface area contributed by atoms with Gasteiger partial charge in [-0.05, 0) is 24.3 Å². The molecule has 0 N–H and O–H groups in total. The number of benzene rings is 1. The first kappa shape index (κ1) is 11.9. The van der Waals surface area contributed by atoms with Crippen molar-refractivity contribution in [2.24, 2.45) is 0 Å². The zero-order chi connectivity index (χ0) is 12.4. The number of rotatable bonds is 3. The highest BCUT2D eigenvalue weighted by atomic mass is 35.5. The summed E-state index contributed by atoms with van der Waals surface area (Å²) >= 11 is 11.9. The van der Waals surface area contributed by atoms with Crippen LogP contribution in [0.25, 0.3) is 5.69 Å². The Kier molecular flexibility index (Phi) is 3.31. The molecular formula is C12H8Cl2N2O. The largest absolute Gasteiger partial charge is 0.296 e. The van der Waals surface area contributed by atoms with Gasteiger partial charge in [0.2, 0.25) is 5.78 Å². The van der Waals surface area contributed by atoms with Crippen molar-refractivity contribution in [3.63, 3.8) is 0 Å². The van der Waals surface area contributed by atoms with Crippen LogP contribution in [0.3, 0.4) is 0 Å². The topological polar surface area (TPSA) is 34.9 Å². The molecule has 2 aromatic rings. The van der Waals surface area contributed by atoms with Gasteiger partial charge in [-0.3, -0.25) is 9.36 Å². The molecule has 1 heterocycles. The zero-order valence-electron chi connectivity index (χ0n) is 8.73. The number of hydrogen-bond donors (Lipinski definition) is 0. The van der Waals surface area contributed by atoms with E-state index >= 15 is 0 Å². The van der Waals surface area contributed by atoms with Crippen molar-refractivity contribution in [1.82, 2.24) is 9.55 Å². The van der Waals surface area contributed by atoms with E-state index in [4.69, 9.17) is 23.2 Å². The minimum atomic E-state index is -0.263. The SMILES string of the molecule is C=CC(=O)c1nccn1-c1ccc(Cl)cc1Cl. The summed E-state index contributed by atoms with van der Waals surface area (Å²) in [5.74, 6) is 0.00485. The van der Waals surface area contributed by atoms with Crippen molar-refractivity contribution in [1.29, 1.82) is 0 Å². The molecule has 1 aromatic heterocycles. The summed E-state index contributed by atoms with van der Waals surface area (Å²) in [5, 5.41) is 0.990. The number of carbonyl (C=O) groups excluding carboxylic acids is 1. The van der Waals surface area contributed by atoms with Gasteiger partial charge >= 0.3 is 0 Å². The number of imidazole rings is 1.